The molecule has 2 aliphatic heterocycles. The van der Waals surface area contributed by atoms with Gasteiger partial charge in [0, 0.05) is 42.8 Å². The first-order valence-electron chi connectivity index (χ1n) is 14.2. The Hall–Kier alpha value is -3.86. The Morgan fingerprint density at radius 1 is 1.13 bits per heavy atom. The molecule has 1 aromatic carbocycles. The number of piperidine rings is 1. The molecule has 2 amide bonds. The van der Waals surface area contributed by atoms with Gasteiger partial charge >= 0.3 is 6.09 Å². The molecule has 1 N–H and O–H groups in total. The van der Waals surface area contributed by atoms with E-state index in [0.717, 1.165) is 73.5 Å². The molecule has 2 fully saturated rings. The molecule has 2 aliphatic carbocycles. The van der Waals surface area contributed by atoms with Crippen LogP contribution in [0.1, 0.15) is 71.8 Å². The fraction of sp³-hybridized carbons (Fsp3) is 0.484. The number of nitrogens with zero attached hydrogens (tertiary/aromatic N) is 4. The highest BCUT2D eigenvalue weighted by molar-refractivity contribution is 5.95. The Morgan fingerprint density at radius 2 is 1.95 bits per heavy atom. The third-order valence-corrected chi connectivity index (χ3v) is 9.06. The Morgan fingerprint density at radius 3 is 2.62 bits per heavy atom. The summed E-state index contributed by atoms with van der Waals surface area (Å²) in [6.07, 6.45) is 12.9. The number of rotatable bonds is 4. The van der Waals surface area contributed by atoms with Gasteiger partial charge in [-0.3, -0.25) is 4.79 Å². The number of fused-ring (bicyclic) bond motifs is 1. The van der Waals surface area contributed by atoms with Gasteiger partial charge in [-0.15, -0.1) is 0 Å². The van der Waals surface area contributed by atoms with Crippen LogP contribution in [-0.2, 0) is 17.7 Å². The number of hydrogen-bond acceptors (Lipinski definition) is 5. The van der Waals surface area contributed by atoms with Crippen molar-refractivity contribution in [1.82, 2.24) is 19.8 Å². The molecule has 1 unspecified atom stereocenters. The van der Waals surface area contributed by atoms with Crippen LogP contribution in [0.15, 0.2) is 42.0 Å². The lowest BCUT2D eigenvalue weighted by atomic mass is 9.77. The average Bonchev–Trinajstić information content (AvgIpc) is 3.39. The SMILES string of the molecule is COC(=O)N1CCc2nc(-c3cc(C(=O)N4CCC(C5C=CC(C#N)=CC5)CC4)ccc3C3CCC3)[nH]c2C1. The number of H-pyrrole nitrogens is 1. The van der Waals surface area contributed by atoms with E-state index in [4.69, 9.17) is 15.0 Å². The zero-order valence-electron chi connectivity index (χ0n) is 22.5. The highest BCUT2D eigenvalue weighted by Gasteiger charge is 2.31. The van der Waals surface area contributed by atoms with Gasteiger partial charge in [0.05, 0.1) is 31.1 Å². The molecule has 6 rings (SSSR count). The van der Waals surface area contributed by atoms with Crippen molar-refractivity contribution in [2.24, 2.45) is 11.8 Å². The second kappa shape index (κ2) is 10.7. The van der Waals surface area contributed by atoms with Gasteiger partial charge in [0.1, 0.15) is 5.82 Å². The number of methoxy groups -OCH3 is 1. The summed E-state index contributed by atoms with van der Waals surface area (Å²) in [4.78, 5) is 37.8. The molecule has 2 aromatic rings. The number of benzene rings is 1. The van der Waals surface area contributed by atoms with Crippen LogP contribution in [0, 0.1) is 23.2 Å². The van der Waals surface area contributed by atoms with E-state index in [1.165, 1.54) is 19.1 Å². The quantitative estimate of drug-likeness (QED) is 0.580. The fourth-order valence-electron chi connectivity index (χ4n) is 6.46. The third-order valence-electron chi connectivity index (χ3n) is 9.06. The van der Waals surface area contributed by atoms with E-state index in [-0.39, 0.29) is 12.0 Å². The molecular weight excluding hydrogens is 490 g/mol. The molecule has 4 aliphatic rings. The lowest BCUT2D eigenvalue weighted by Gasteiger charge is -2.35. The lowest BCUT2D eigenvalue weighted by Crippen LogP contribution is -2.40. The topological polar surface area (TPSA) is 102 Å². The smallest absolute Gasteiger partial charge is 0.409 e. The van der Waals surface area contributed by atoms with Crippen molar-refractivity contribution >= 4 is 12.0 Å². The molecule has 0 bridgehead atoms. The van der Waals surface area contributed by atoms with E-state index in [1.54, 1.807) is 4.90 Å². The predicted molar refractivity (Wildman–Crippen MR) is 147 cm³/mol. The zero-order valence-corrected chi connectivity index (χ0v) is 22.5. The molecular formula is C31H35N5O3. The maximum atomic E-state index is 13.6. The molecule has 3 heterocycles. The highest BCUT2D eigenvalue weighted by Crippen LogP contribution is 2.41. The van der Waals surface area contributed by atoms with Gasteiger partial charge in [-0.05, 0) is 73.6 Å². The Labute approximate surface area is 229 Å². The zero-order chi connectivity index (χ0) is 26.9. The van der Waals surface area contributed by atoms with Crippen LogP contribution in [0.25, 0.3) is 11.4 Å². The van der Waals surface area contributed by atoms with Gasteiger partial charge in [0.15, 0.2) is 0 Å². The van der Waals surface area contributed by atoms with Crippen LogP contribution < -0.4 is 0 Å². The van der Waals surface area contributed by atoms with Crippen LogP contribution in [0.3, 0.4) is 0 Å². The summed E-state index contributed by atoms with van der Waals surface area (Å²) in [5.41, 5.74) is 5.63. The summed E-state index contributed by atoms with van der Waals surface area (Å²) in [6.45, 7) is 2.53. The van der Waals surface area contributed by atoms with Crippen LogP contribution in [0.2, 0.25) is 0 Å². The summed E-state index contributed by atoms with van der Waals surface area (Å²) in [5.74, 6) is 2.35. The first-order valence-corrected chi connectivity index (χ1v) is 14.2. The maximum absolute atomic E-state index is 13.6. The van der Waals surface area contributed by atoms with Crippen LogP contribution in [0.4, 0.5) is 4.79 Å². The van der Waals surface area contributed by atoms with Crippen LogP contribution in [0.5, 0.6) is 0 Å². The van der Waals surface area contributed by atoms with E-state index >= 15 is 0 Å². The largest absolute Gasteiger partial charge is 0.453 e. The minimum atomic E-state index is -0.328. The molecule has 39 heavy (non-hydrogen) atoms. The first-order chi connectivity index (χ1) is 19.0. The molecule has 0 spiro atoms. The van der Waals surface area contributed by atoms with Gasteiger partial charge in [-0.25, -0.2) is 9.78 Å². The normalized spacial score (nSPS) is 21.5. The summed E-state index contributed by atoms with van der Waals surface area (Å²) in [6, 6.07) is 8.37. The summed E-state index contributed by atoms with van der Waals surface area (Å²) < 4.78 is 4.91. The fourth-order valence-corrected chi connectivity index (χ4v) is 6.46. The second-order valence-electron chi connectivity index (χ2n) is 11.2. The third kappa shape index (κ3) is 4.98. The maximum Gasteiger partial charge on any atom is 0.409 e. The number of aromatic nitrogens is 2. The second-order valence-corrected chi connectivity index (χ2v) is 11.2. The summed E-state index contributed by atoms with van der Waals surface area (Å²) >= 11 is 0. The van der Waals surface area contributed by atoms with Gasteiger partial charge in [-0.2, -0.15) is 5.26 Å². The number of allylic oxidation sites excluding steroid dienone is 4. The molecule has 1 saturated heterocycles. The number of likely N-dealkylation sites (tertiary alicyclic amines) is 1. The summed E-state index contributed by atoms with van der Waals surface area (Å²) in [5, 5.41) is 9.09. The number of carbonyl (C=O) groups excluding carboxylic acids is 2. The molecule has 0 radical (unpaired) electrons. The van der Waals surface area contributed by atoms with Crippen molar-refractivity contribution in [1.29, 1.82) is 5.26 Å². The predicted octanol–water partition coefficient (Wildman–Crippen LogP) is 5.35. The van der Waals surface area contributed by atoms with E-state index in [1.807, 2.05) is 29.2 Å². The molecule has 8 nitrogen and oxygen atoms in total. The minimum Gasteiger partial charge on any atom is -0.453 e. The number of aromatic amines is 1. The number of ether oxygens (including phenoxy) is 1. The molecule has 8 heteroatoms. The van der Waals surface area contributed by atoms with E-state index in [0.29, 0.717) is 42.8 Å². The van der Waals surface area contributed by atoms with Gasteiger partial charge in [0.25, 0.3) is 5.91 Å². The molecule has 1 atom stereocenters. The van der Waals surface area contributed by atoms with Crippen LogP contribution >= 0.6 is 0 Å². The van der Waals surface area contributed by atoms with Crippen molar-refractivity contribution in [3.63, 3.8) is 0 Å². The lowest BCUT2D eigenvalue weighted by molar-refractivity contribution is 0.0670. The Balaban J connectivity index is 1.19. The van der Waals surface area contributed by atoms with Crippen molar-refractivity contribution in [3.05, 3.63) is 64.5 Å². The average molecular weight is 526 g/mol. The number of amides is 2. The van der Waals surface area contributed by atoms with Gasteiger partial charge in [-0.1, -0.05) is 24.6 Å². The van der Waals surface area contributed by atoms with Crippen molar-refractivity contribution in [2.45, 2.75) is 57.4 Å². The van der Waals surface area contributed by atoms with E-state index in [9.17, 15) is 9.59 Å². The molecule has 1 saturated carbocycles. The van der Waals surface area contributed by atoms with E-state index < -0.39 is 0 Å². The molecule has 1 aromatic heterocycles. The molecule has 202 valence electrons. The Bertz CT molecular complexity index is 1370. The summed E-state index contributed by atoms with van der Waals surface area (Å²) in [7, 11) is 1.40. The van der Waals surface area contributed by atoms with Crippen molar-refractivity contribution < 1.29 is 14.3 Å². The number of hydrogen-bond donors (Lipinski definition) is 1. The Kier molecular flexibility index (Phi) is 6.99. The van der Waals surface area contributed by atoms with Crippen molar-refractivity contribution in [3.8, 4) is 17.5 Å². The van der Waals surface area contributed by atoms with Gasteiger partial charge in [0.2, 0.25) is 0 Å². The van der Waals surface area contributed by atoms with Crippen molar-refractivity contribution in [2.75, 3.05) is 26.7 Å². The number of carbonyl (C=O) groups is 2. The number of imidazole rings is 1. The monoisotopic (exact) mass is 525 g/mol. The standard InChI is InChI=1S/C31H35N5O3/c1-39-31(38)36-16-13-27-28(19-36)34-29(33-27)26-17-24(9-10-25(26)23-3-2-4-23)30(37)35-14-11-22(12-15-35)21-7-5-20(18-32)6-8-21/h5-7,9-10,17,21-23H,2-4,8,11-16,19H2,1H3,(H,33,34). The number of nitriles is 1. The first kappa shape index (κ1) is 25.4. The minimum absolute atomic E-state index is 0.0777. The van der Waals surface area contributed by atoms with Gasteiger partial charge < -0.3 is 19.5 Å². The van der Waals surface area contributed by atoms with E-state index in [2.05, 4.69) is 23.2 Å². The number of nitrogens with one attached hydrogen (secondary N) is 1. The van der Waals surface area contributed by atoms with Crippen LogP contribution in [-0.4, -0.2) is 58.5 Å². The highest BCUT2D eigenvalue weighted by atomic mass is 16.5.